The number of fused-ring (bicyclic) bond motifs is 3. The van der Waals surface area contributed by atoms with Gasteiger partial charge in [0.2, 0.25) is 0 Å². The van der Waals surface area contributed by atoms with Crippen LogP contribution in [-0.4, -0.2) is 14.4 Å². The lowest BCUT2D eigenvalue weighted by Crippen LogP contribution is -1.99. The molecule has 4 rings (SSSR count). The summed E-state index contributed by atoms with van der Waals surface area (Å²) in [7, 11) is 0. The van der Waals surface area contributed by atoms with E-state index in [2.05, 4.69) is 15.3 Å². The van der Waals surface area contributed by atoms with Gasteiger partial charge in [-0.05, 0) is 24.3 Å². The first-order valence-corrected chi connectivity index (χ1v) is 6.65. The third kappa shape index (κ3) is 1.96. The van der Waals surface area contributed by atoms with Gasteiger partial charge in [-0.3, -0.25) is 4.40 Å². The van der Waals surface area contributed by atoms with Crippen molar-refractivity contribution in [2.75, 3.05) is 5.32 Å². The average molecular weight is 296 g/mol. The van der Waals surface area contributed by atoms with Crippen molar-refractivity contribution in [3.8, 4) is 0 Å². The maximum Gasteiger partial charge on any atom is 0.160 e. The highest BCUT2D eigenvalue weighted by molar-refractivity contribution is 5.85. The number of benzene rings is 2. The molecular weight excluding hydrogens is 286 g/mol. The molecule has 108 valence electrons. The summed E-state index contributed by atoms with van der Waals surface area (Å²) in [6, 6.07) is 11.3. The van der Waals surface area contributed by atoms with E-state index >= 15 is 0 Å². The van der Waals surface area contributed by atoms with Gasteiger partial charge in [0.25, 0.3) is 0 Å². The highest BCUT2D eigenvalue weighted by Gasteiger charge is 2.10. The van der Waals surface area contributed by atoms with Crippen molar-refractivity contribution >= 4 is 28.1 Å². The normalized spacial score (nSPS) is 11.2. The highest BCUT2D eigenvalue weighted by Crippen LogP contribution is 2.25. The van der Waals surface area contributed by atoms with Crippen LogP contribution in [0.1, 0.15) is 0 Å². The minimum atomic E-state index is -0.907. The zero-order valence-corrected chi connectivity index (χ0v) is 11.3. The zero-order valence-electron chi connectivity index (χ0n) is 11.3. The van der Waals surface area contributed by atoms with Crippen molar-refractivity contribution in [1.29, 1.82) is 0 Å². The summed E-state index contributed by atoms with van der Waals surface area (Å²) in [4.78, 5) is 8.67. The Bertz CT molecular complexity index is 994. The second-order valence-corrected chi connectivity index (χ2v) is 4.85. The molecule has 0 saturated heterocycles. The summed E-state index contributed by atoms with van der Waals surface area (Å²) in [5, 5.41) is 3.01. The van der Waals surface area contributed by atoms with Crippen LogP contribution in [0.2, 0.25) is 0 Å². The molecule has 0 unspecified atom stereocenters. The lowest BCUT2D eigenvalue weighted by atomic mass is 10.2. The average Bonchev–Trinajstić information content (AvgIpc) is 3.01. The van der Waals surface area contributed by atoms with E-state index in [1.165, 1.54) is 6.07 Å². The summed E-state index contributed by atoms with van der Waals surface area (Å²) in [6.07, 6.45) is 3.36. The van der Waals surface area contributed by atoms with Gasteiger partial charge in [0.15, 0.2) is 17.5 Å². The Balaban J connectivity index is 1.89. The van der Waals surface area contributed by atoms with Crippen molar-refractivity contribution in [2.45, 2.75) is 0 Å². The molecule has 22 heavy (non-hydrogen) atoms. The third-order valence-electron chi connectivity index (χ3n) is 3.44. The van der Waals surface area contributed by atoms with Gasteiger partial charge in [-0.15, -0.1) is 0 Å². The molecule has 0 fully saturated rings. The topological polar surface area (TPSA) is 42.2 Å². The molecule has 6 heteroatoms. The number of para-hydroxylation sites is 2. The van der Waals surface area contributed by atoms with E-state index in [-0.39, 0.29) is 0 Å². The van der Waals surface area contributed by atoms with Crippen molar-refractivity contribution in [3.05, 3.63) is 66.6 Å². The Morgan fingerprint density at radius 2 is 1.82 bits per heavy atom. The predicted octanol–water partition coefficient (Wildman–Crippen LogP) is 3.90. The number of hydrogen-bond acceptors (Lipinski definition) is 3. The number of anilines is 2. The maximum absolute atomic E-state index is 13.3. The highest BCUT2D eigenvalue weighted by atomic mass is 19.2. The van der Waals surface area contributed by atoms with E-state index in [4.69, 9.17) is 0 Å². The Labute approximate surface area is 124 Å². The quantitative estimate of drug-likeness (QED) is 0.610. The molecule has 0 spiro atoms. The van der Waals surface area contributed by atoms with Crippen LogP contribution >= 0.6 is 0 Å². The molecule has 0 aliphatic rings. The van der Waals surface area contributed by atoms with Crippen LogP contribution in [0.5, 0.6) is 0 Å². The summed E-state index contributed by atoms with van der Waals surface area (Å²) < 4.78 is 28.2. The van der Waals surface area contributed by atoms with Gasteiger partial charge in [0.1, 0.15) is 5.52 Å². The summed E-state index contributed by atoms with van der Waals surface area (Å²) in [6.45, 7) is 0. The van der Waals surface area contributed by atoms with E-state index in [1.54, 1.807) is 12.5 Å². The molecule has 0 atom stereocenters. The van der Waals surface area contributed by atoms with Crippen molar-refractivity contribution < 1.29 is 8.78 Å². The van der Waals surface area contributed by atoms with Crippen molar-refractivity contribution in [3.63, 3.8) is 0 Å². The smallest absolute Gasteiger partial charge is 0.160 e. The molecule has 4 aromatic rings. The second kappa shape index (κ2) is 4.77. The first-order chi connectivity index (χ1) is 10.7. The van der Waals surface area contributed by atoms with Crippen LogP contribution in [0.4, 0.5) is 20.3 Å². The van der Waals surface area contributed by atoms with E-state index in [1.807, 2.05) is 28.7 Å². The van der Waals surface area contributed by atoms with Gasteiger partial charge >= 0.3 is 0 Å². The number of halogens is 2. The number of aromatic nitrogens is 3. The molecule has 2 heterocycles. The zero-order chi connectivity index (χ0) is 15.1. The van der Waals surface area contributed by atoms with Gasteiger partial charge < -0.3 is 5.32 Å². The van der Waals surface area contributed by atoms with Crippen LogP contribution in [0.15, 0.2) is 55.0 Å². The molecule has 1 N–H and O–H groups in total. The number of nitrogens with one attached hydrogen (secondary N) is 1. The molecule has 0 saturated carbocycles. The first-order valence-electron chi connectivity index (χ1n) is 6.65. The van der Waals surface area contributed by atoms with Crippen LogP contribution in [0.25, 0.3) is 16.6 Å². The van der Waals surface area contributed by atoms with Gasteiger partial charge in [0.05, 0.1) is 23.6 Å². The molecule has 4 nitrogen and oxygen atoms in total. The van der Waals surface area contributed by atoms with E-state index in [0.717, 1.165) is 28.7 Å². The molecule has 0 radical (unpaired) electrons. The van der Waals surface area contributed by atoms with Gasteiger partial charge in [-0.25, -0.2) is 18.7 Å². The van der Waals surface area contributed by atoms with Crippen LogP contribution < -0.4 is 5.32 Å². The van der Waals surface area contributed by atoms with Crippen molar-refractivity contribution in [2.24, 2.45) is 0 Å². The number of rotatable bonds is 2. The molecule has 0 aliphatic heterocycles. The Morgan fingerprint density at radius 1 is 0.955 bits per heavy atom. The van der Waals surface area contributed by atoms with Gasteiger partial charge in [0, 0.05) is 11.8 Å². The Kier molecular flexibility index (Phi) is 2.75. The maximum atomic E-state index is 13.3. The largest absolute Gasteiger partial charge is 0.338 e. The fourth-order valence-corrected chi connectivity index (χ4v) is 2.40. The predicted molar refractivity (Wildman–Crippen MR) is 80.1 cm³/mol. The fraction of sp³-hybridized carbons (Fsp3) is 0. The molecule has 0 aliphatic carbocycles. The minimum Gasteiger partial charge on any atom is -0.338 e. The van der Waals surface area contributed by atoms with Gasteiger partial charge in [-0.2, -0.15) is 0 Å². The fourth-order valence-electron chi connectivity index (χ4n) is 2.40. The molecule has 0 amide bonds. The Hall–Kier alpha value is -3.02. The minimum absolute atomic E-state index is 0.421. The number of nitrogens with zero attached hydrogens (tertiary/aromatic N) is 3. The molecule has 2 aromatic heterocycles. The van der Waals surface area contributed by atoms with Crippen molar-refractivity contribution in [1.82, 2.24) is 14.4 Å². The lowest BCUT2D eigenvalue weighted by Gasteiger charge is -2.10. The first kappa shape index (κ1) is 12.7. The second-order valence-electron chi connectivity index (χ2n) is 4.85. The third-order valence-corrected chi connectivity index (χ3v) is 3.44. The molecule has 2 aromatic carbocycles. The lowest BCUT2D eigenvalue weighted by molar-refractivity contribution is 0.509. The van der Waals surface area contributed by atoms with Crippen LogP contribution in [0, 0.1) is 11.6 Å². The number of imidazole rings is 1. The van der Waals surface area contributed by atoms with E-state index < -0.39 is 11.6 Å². The summed E-state index contributed by atoms with van der Waals surface area (Å²) in [5.74, 6) is -1.26. The standard InChI is InChI=1S/C16H10F2N4/c17-11-6-5-10(7-12(11)18)20-16-15-8-19-9-22(15)14-4-2-1-3-13(14)21-16/h1-9H,(H,20,21). The van der Waals surface area contributed by atoms with Crippen LogP contribution in [0.3, 0.4) is 0 Å². The Morgan fingerprint density at radius 3 is 2.68 bits per heavy atom. The van der Waals surface area contributed by atoms with Crippen LogP contribution in [-0.2, 0) is 0 Å². The summed E-state index contributed by atoms with van der Waals surface area (Å²) in [5.41, 5.74) is 2.87. The monoisotopic (exact) mass is 296 g/mol. The molecular formula is C16H10F2N4. The van der Waals surface area contributed by atoms with E-state index in [0.29, 0.717) is 11.5 Å². The number of hydrogen-bond donors (Lipinski definition) is 1. The summed E-state index contributed by atoms with van der Waals surface area (Å²) >= 11 is 0. The molecule has 0 bridgehead atoms. The van der Waals surface area contributed by atoms with E-state index in [9.17, 15) is 8.78 Å². The van der Waals surface area contributed by atoms with Gasteiger partial charge in [-0.1, -0.05) is 12.1 Å². The SMILES string of the molecule is Fc1ccc(Nc2nc3ccccc3n3cncc23)cc1F.